The highest BCUT2D eigenvalue weighted by Crippen LogP contribution is 2.49. The van der Waals surface area contributed by atoms with Crippen LogP contribution >= 0.6 is 0 Å². The third kappa shape index (κ3) is 6.39. The van der Waals surface area contributed by atoms with Crippen LogP contribution in [0.25, 0.3) is 0 Å². The summed E-state index contributed by atoms with van der Waals surface area (Å²) in [6.07, 6.45) is 0.453. The van der Waals surface area contributed by atoms with Crippen molar-refractivity contribution in [2.75, 3.05) is 0 Å². The summed E-state index contributed by atoms with van der Waals surface area (Å²) in [5.41, 5.74) is 2.44. The van der Waals surface area contributed by atoms with E-state index in [9.17, 15) is 28.8 Å². The number of hydrogen-bond acceptors (Lipinski definition) is 9. The molecule has 0 aliphatic carbocycles. The Morgan fingerprint density at radius 3 is 1.26 bits per heavy atom. The van der Waals surface area contributed by atoms with E-state index in [-0.39, 0.29) is 18.8 Å². The summed E-state index contributed by atoms with van der Waals surface area (Å²) >= 11 is 0. The van der Waals surface area contributed by atoms with Gasteiger partial charge in [-0.3, -0.25) is 28.8 Å². The molecular weight excluding hydrogens is 600 g/mol. The highest BCUT2D eigenvalue weighted by molar-refractivity contribution is 5.99. The molecule has 0 bridgehead atoms. The smallest absolute Gasteiger partial charge is 0.318 e. The molecule has 3 saturated heterocycles. The molecule has 9 unspecified atom stereocenters. The van der Waals surface area contributed by atoms with Crippen molar-refractivity contribution in [3.63, 3.8) is 0 Å². The first kappa shape index (κ1) is 32.0. The second kappa shape index (κ2) is 13.4. The molecule has 3 aliphatic rings. The lowest BCUT2D eigenvalue weighted by Crippen LogP contribution is -2.33. The highest BCUT2D eigenvalue weighted by Gasteiger charge is 2.55. The van der Waals surface area contributed by atoms with Crippen LogP contribution < -0.4 is 0 Å². The van der Waals surface area contributed by atoms with Gasteiger partial charge in [0.05, 0.1) is 35.5 Å². The topological polar surface area (TPSA) is 130 Å². The lowest BCUT2D eigenvalue weighted by Gasteiger charge is -2.31. The number of benzene rings is 3. The van der Waals surface area contributed by atoms with Gasteiger partial charge in [0.15, 0.2) is 0 Å². The summed E-state index contributed by atoms with van der Waals surface area (Å²) in [6.45, 7) is 3.60. The Hall–Kier alpha value is -4.92. The molecule has 3 fully saturated rings. The zero-order valence-corrected chi connectivity index (χ0v) is 26.2. The van der Waals surface area contributed by atoms with Crippen molar-refractivity contribution in [3.05, 3.63) is 108 Å². The maximum absolute atomic E-state index is 13.6. The first-order valence-electron chi connectivity index (χ1n) is 16.1. The molecule has 0 spiro atoms. The molecule has 242 valence electrons. The van der Waals surface area contributed by atoms with Gasteiger partial charge in [0.1, 0.15) is 0 Å². The molecule has 3 aromatic rings. The molecule has 0 N–H and O–H groups in total. The third-order valence-corrected chi connectivity index (χ3v) is 10.2. The Balaban J connectivity index is 1.37. The van der Waals surface area contributed by atoms with E-state index < -0.39 is 83.2 Å². The maximum Gasteiger partial charge on any atom is 0.318 e. The van der Waals surface area contributed by atoms with E-state index >= 15 is 0 Å². The SMILES string of the molecule is CC(CC1C(=O)OC(=O)C1C(CC1C(=O)OC(=O)C1C(CC1C(=O)OC(=O)C1C)c1ccccc1)c1ccccc1)c1ccccc1. The van der Waals surface area contributed by atoms with Crippen LogP contribution in [0.15, 0.2) is 91.0 Å². The number of hydrogen-bond donors (Lipinski definition) is 0. The van der Waals surface area contributed by atoms with Gasteiger partial charge in [-0.05, 0) is 53.7 Å². The molecular formula is C38H36O9. The summed E-state index contributed by atoms with van der Waals surface area (Å²) in [5.74, 6) is -10.7. The average molecular weight is 637 g/mol. The summed E-state index contributed by atoms with van der Waals surface area (Å²) in [4.78, 5) is 78.8. The number of cyclic esters (lactones) is 6. The molecule has 9 atom stereocenters. The van der Waals surface area contributed by atoms with E-state index in [0.717, 1.165) is 11.1 Å². The van der Waals surface area contributed by atoms with Gasteiger partial charge in [0.25, 0.3) is 0 Å². The van der Waals surface area contributed by atoms with E-state index in [1.165, 1.54) is 0 Å². The predicted octanol–water partition coefficient (Wildman–Crippen LogP) is 5.50. The number of carbonyl (C=O) groups excluding carboxylic acids is 6. The van der Waals surface area contributed by atoms with Gasteiger partial charge < -0.3 is 14.2 Å². The van der Waals surface area contributed by atoms with Gasteiger partial charge in [-0.15, -0.1) is 0 Å². The van der Waals surface area contributed by atoms with Gasteiger partial charge in [0.2, 0.25) is 0 Å². The van der Waals surface area contributed by atoms with E-state index in [1.54, 1.807) is 19.1 Å². The number of ether oxygens (including phenoxy) is 3. The van der Waals surface area contributed by atoms with E-state index in [1.807, 2.05) is 85.8 Å². The van der Waals surface area contributed by atoms with E-state index in [2.05, 4.69) is 0 Å². The van der Waals surface area contributed by atoms with Crippen molar-refractivity contribution in [3.8, 4) is 0 Å². The van der Waals surface area contributed by atoms with Gasteiger partial charge in [-0.25, -0.2) is 0 Å². The largest absolute Gasteiger partial charge is 0.393 e. The van der Waals surface area contributed by atoms with Gasteiger partial charge in [-0.1, -0.05) is 105 Å². The Kier molecular flexibility index (Phi) is 9.16. The average Bonchev–Trinajstić information content (AvgIpc) is 3.61. The minimum Gasteiger partial charge on any atom is -0.393 e. The Bertz CT molecular complexity index is 1670. The molecule has 3 heterocycles. The summed E-state index contributed by atoms with van der Waals surface area (Å²) < 4.78 is 15.4. The molecule has 9 heteroatoms. The minimum atomic E-state index is -1.01. The van der Waals surface area contributed by atoms with Crippen molar-refractivity contribution in [1.29, 1.82) is 0 Å². The quantitative estimate of drug-likeness (QED) is 0.152. The lowest BCUT2D eigenvalue weighted by molar-refractivity contribution is -0.156. The van der Waals surface area contributed by atoms with Crippen LogP contribution in [0, 0.1) is 35.5 Å². The summed E-state index contributed by atoms with van der Waals surface area (Å²) in [6, 6.07) is 27.9. The molecule has 47 heavy (non-hydrogen) atoms. The van der Waals surface area contributed by atoms with Crippen LogP contribution in [-0.2, 0) is 43.0 Å². The van der Waals surface area contributed by atoms with Crippen LogP contribution in [0.1, 0.15) is 67.6 Å². The van der Waals surface area contributed by atoms with Crippen LogP contribution in [-0.4, -0.2) is 35.8 Å². The molecule has 0 radical (unpaired) electrons. The van der Waals surface area contributed by atoms with Crippen LogP contribution in [0.3, 0.4) is 0 Å². The monoisotopic (exact) mass is 636 g/mol. The lowest BCUT2D eigenvalue weighted by atomic mass is 9.67. The molecule has 3 aromatic carbocycles. The van der Waals surface area contributed by atoms with Crippen molar-refractivity contribution in [2.45, 2.75) is 50.9 Å². The molecule has 6 rings (SSSR count). The first-order valence-corrected chi connectivity index (χ1v) is 16.1. The Morgan fingerprint density at radius 2 is 0.830 bits per heavy atom. The second-order valence-electron chi connectivity index (χ2n) is 12.9. The fraction of sp³-hybridized carbons (Fsp3) is 0.368. The Labute approximate surface area is 272 Å². The normalized spacial score (nSPS) is 27.7. The van der Waals surface area contributed by atoms with Gasteiger partial charge in [-0.2, -0.15) is 0 Å². The molecule has 0 amide bonds. The van der Waals surface area contributed by atoms with Crippen molar-refractivity contribution in [1.82, 2.24) is 0 Å². The van der Waals surface area contributed by atoms with Crippen LogP contribution in [0.2, 0.25) is 0 Å². The minimum absolute atomic E-state index is 0.0233. The molecule has 9 nitrogen and oxygen atoms in total. The van der Waals surface area contributed by atoms with Crippen molar-refractivity contribution < 1.29 is 43.0 Å². The summed E-state index contributed by atoms with van der Waals surface area (Å²) in [5, 5.41) is 0. The highest BCUT2D eigenvalue weighted by atomic mass is 16.6. The standard InChI is InChI=1S/C38H36O9/c1-21(23-12-6-3-7-13-23)18-29-31(37(43)46-35(29)41)28(25-16-10-5-11-17-25)20-30-32(38(44)47-36(30)42)27(24-14-8-4-9-15-24)19-26-22(2)33(39)45-34(26)40/h3-17,21-22,26-32H,18-20H2,1-2H3. The number of rotatable bonds is 11. The van der Waals surface area contributed by atoms with Crippen molar-refractivity contribution in [2.24, 2.45) is 35.5 Å². The zero-order chi connectivity index (χ0) is 33.2. The number of esters is 6. The van der Waals surface area contributed by atoms with Crippen LogP contribution in [0.4, 0.5) is 0 Å². The van der Waals surface area contributed by atoms with Crippen molar-refractivity contribution >= 4 is 35.8 Å². The second-order valence-corrected chi connectivity index (χ2v) is 12.9. The van der Waals surface area contributed by atoms with E-state index in [4.69, 9.17) is 14.2 Å². The zero-order valence-electron chi connectivity index (χ0n) is 26.2. The molecule has 0 saturated carbocycles. The van der Waals surface area contributed by atoms with E-state index in [0.29, 0.717) is 12.0 Å². The van der Waals surface area contributed by atoms with Gasteiger partial charge in [0, 0.05) is 0 Å². The van der Waals surface area contributed by atoms with Crippen LogP contribution in [0.5, 0.6) is 0 Å². The first-order chi connectivity index (χ1) is 22.6. The van der Waals surface area contributed by atoms with Gasteiger partial charge >= 0.3 is 35.8 Å². The summed E-state index contributed by atoms with van der Waals surface area (Å²) in [7, 11) is 0. The predicted molar refractivity (Wildman–Crippen MR) is 167 cm³/mol. The maximum atomic E-state index is 13.6. The molecule has 0 aromatic heterocycles. The third-order valence-electron chi connectivity index (χ3n) is 10.2. The number of carbonyl (C=O) groups is 6. The fourth-order valence-electron chi connectivity index (χ4n) is 7.65. The molecule has 3 aliphatic heterocycles. The fourth-order valence-corrected chi connectivity index (χ4v) is 7.65. The Morgan fingerprint density at radius 1 is 0.468 bits per heavy atom.